The fourth-order valence-corrected chi connectivity index (χ4v) is 3.70. The number of nitrogens with zero attached hydrogens (tertiary/aromatic N) is 2. The largest absolute Gasteiger partial charge is 0.486 e. The van der Waals surface area contributed by atoms with Gasteiger partial charge in [0, 0.05) is 0 Å². The molecular weight excluding hydrogens is 318 g/mol. The highest BCUT2D eigenvalue weighted by atomic mass is 32.1. The van der Waals surface area contributed by atoms with E-state index in [1.165, 1.54) is 11.1 Å². The minimum absolute atomic E-state index is 0.232. The average molecular weight is 337 g/mol. The van der Waals surface area contributed by atoms with Crippen LogP contribution < -0.4 is 4.74 Å². The van der Waals surface area contributed by atoms with E-state index in [9.17, 15) is 0 Å². The molecule has 0 fully saturated rings. The maximum atomic E-state index is 5.88. The number of fused-ring (bicyclic) bond motifs is 1. The lowest BCUT2D eigenvalue weighted by Gasteiger charge is -2.27. The summed E-state index contributed by atoms with van der Waals surface area (Å²) in [7, 11) is 0. The van der Waals surface area contributed by atoms with Crippen molar-refractivity contribution >= 4 is 12.2 Å². The van der Waals surface area contributed by atoms with Gasteiger partial charge < -0.3 is 4.74 Å². The molecule has 1 heterocycles. The van der Waals surface area contributed by atoms with Gasteiger partial charge in [-0.1, -0.05) is 42.5 Å². The van der Waals surface area contributed by atoms with Crippen LogP contribution >= 0.6 is 12.2 Å². The molecule has 24 heavy (non-hydrogen) atoms. The third-order valence-corrected chi connectivity index (χ3v) is 4.83. The number of aryl methyl sites for hydroxylation is 1. The molecule has 0 saturated carbocycles. The number of H-pyrrole nitrogens is 1. The molecule has 2 aromatic carbocycles. The molecule has 0 saturated heterocycles. The van der Waals surface area contributed by atoms with Gasteiger partial charge in [0.15, 0.2) is 10.6 Å². The first-order valence-electron chi connectivity index (χ1n) is 8.24. The molecule has 3 aromatic rings. The van der Waals surface area contributed by atoms with Crippen molar-refractivity contribution in [2.45, 2.75) is 31.9 Å². The summed E-state index contributed by atoms with van der Waals surface area (Å²) < 4.78 is 8.65. The summed E-state index contributed by atoms with van der Waals surface area (Å²) in [6.45, 7) is 0.399. The molecule has 122 valence electrons. The number of nitrogens with one attached hydrogen (secondary N) is 1. The predicted molar refractivity (Wildman–Crippen MR) is 95.7 cm³/mol. The number of aromatic amines is 1. The number of rotatable bonds is 4. The van der Waals surface area contributed by atoms with Gasteiger partial charge in [0.1, 0.15) is 12.4 Å². The minimum atomic E-state index is 0.232. The Morgan fingerprint density at radius 3 is 2.79 bits per heavy atom. The van der Waals surface area contributed by atoms with Gasteiger partial charge in [0.2, 0.25) is 0 Å². The summed E-state index contributed by atoms with van der Waals surface area (Å²) in [6, 6.07) is 18.6. The van der Waals surface area contributed by atoms with Gasteiger partial charge in [-0.15, -0.1) is 0 Å². The Morgan fingerprint density at radius 1 is 1.12 bits per heavy atom. The molecule has 1 atom stereocenters. The number of hydrogen-bond donors (Lipinski definition) is 1. The van der Waals surface area contributed by atoms with Crippen LogP contribution in [0, 0.1) is 4.77 Å². The first-order valence-corrected chi connectivity index (χ1v) is 8.65. The monoisotopic (exact) mass is 337 g/mol. The van der Waals surface area contributed by atoms with Crippen molar-refractivity contribution in [2.24, 2.45) is 0 Å². The van der Waals surface area contributed by atoms with Crippen LogP contribution in [0.3, 0.4) is 0 Å². The smallest absolute Gasteiger partial charge is 0.195 e. The van der Waals surface area contributed by atoms with Gasteiger partial charge in [-0.3, -0.25) is 9.67 Å². The fraction of sp³-hybridized carbons (Fsp3) is 0.263. The number of hydrogen-bond acceptors (Lipinski definition) is 3. The van der Waals surface area contributed by atoms with E-state index >= 15 is 0 Å². The van der Waals surface area contributed by atoms with Crippen LogP contribution in [-0.2, 0) is 13.0 Å². The lowest BCUT2D eigenvalue weighted by molar-refractivity contribution is 0.283. The van der Waals surface area contributed by atoms with Gasteiger partial charge in [-0.2, -0.15) is 5.10 Å². The molecule has 0 radical (unpaired) electrons. The Bertz CT molecular complexity index is 885. The van der Waals surface area contributed by atoms with E-state index in [0.29, 0.717) is 11.4 Å². The first kappa shape index (κ1) is 15.1. The average Bonchev–Trinajstić information content (AvgIpc) is 3.01. The second kappa shape index (κ2) is 6.61. The molecule has 1 unspecified atom stereocenters. The summed E-state index contributed by atoms with van der Waals surface area (Å²) in [5.74, 6) is 1.67. The summed E-state index contributed by atoms with van der Waals surface area (Å²) in [4.78, 5) is 0. The highest BCUT2D eigenvalue weighted by Gasteiger charge is 2.24. The molecule has 4 nitrogen and oxygen atoms in total. The standard InChI is InChI=1S/C19H19N3OS/c24-19-21-20-18(13-23-15-9-2-1-3-10-15)22(19)17-12-6-8-14-7-4-5-11-16(14)17/h1-5,7,9-11,17H,6,8,12-13H2,(H,21,24). The molecule has 0 bridgehead atoms. The zero-order chi connectivity index (χ0) is 16.4. The lowest BCUT2D eigenvalue weighted by Crippen LogP contribution is -2.20. The van der Waals surface area contributed by atoms with Crippen molar-refractivity contribution in [3.63, 3.8) is 0 Å². The van der Waals surface area contributed by atoms with Crippen LogP contribution in [0.1, 0.15) is 35.8 Å². The number of aromatic nitrogens is 3. The van der Waals surface area contributed by atoms with Gasteiger partial charge in [-0.05, 0) is 54.7 Å². The van der Waals surface area contributed by atoms with Crippen molar-refractivity contribution in [3.05, 3.63) is 76.3 Å². The molecule has 1 N–H and O–H groups in total. The highest BCUT2D eigenvalue weighted by Crippen LogP contribution is 2.33. The van der Waals surface area contributed by atoms with Gasteiger partial charge in [-0.25, -0.2) is 0 Å². The molecule has 1 aliphatic carbocycles. The number of ether oxygens (including phenoxy) is 1. The molecule has 5 heteroatoms. The highest BCUT2D eigenvalue weighted by molar-refractivity contribution is 7.71. The molecule has 0 spiro atoms. The van der Waals surface area contributed by atoms with E-state index in [4.69, 9.17) is 17.0 Å². The number of benzene rings is 2. The van der Waals surface area contributed by atoms with Crippen LogP contribution in [-0.4, -0.2) is 14.8 Å². The van der Waals surface area contributed by atoms with Gasteiger partial charge >= 0.3 is 0 Å². The van der Waals surface area contributed by atoms with Crippen molar-refractivity contribution in [1.29, 1.82) is 0 Å². The zero-order valence-corrected chi connectivity index (χ0v) is 14.1. The quantitative estimate of drug-likeness (QED) is 0.716. The van der Waals surface area contributed by atoms with E-state index in [-0.39, 0.29) is 6.04 Å². The summed E-state index contributed by atoms with van der Waals surface area (Å²) >= 11 is 5.50. The van der Waals surface area contributed by atoms with E-state index in [1.54, 1.807) is 0 Å². The van der Waals surface area contributed by atoms with Crippen molar-refractivity contribution in [2.75, 3.05) is 0 Å². The second-order valence-corrected chi connectivity index (χ2v) is 6.41. The lowest BCUT2D eigenvalue weighted by atomic mass is 9.87. The van der Waals surface area contributed by atoms with Crippen LogP contribution in [0.2, 0.25) is 0 Å². The van der Waals surface area contributed by atoms with Crippen molar-refractivity contribution in [3.8, 4) is 5.75 Å². The molecule has 1 aromatic heterocycles. The third kappa shape index (κ3) is 2.87. The van der Waals surface area contributed by atoms with Crippen molar-refractivity contribution < 1.29 is 4.74 Å². The van der Waals surface area contributed by atoms with E-state index in [0.717, 1.165) is 30.8 Å². The molecule has 4 rings (SSSR count). The Morgan fingerprint density at radius 2 is 1.92 bits per heavy atom. The Hall–Kier alpha value is -2.40. The van der Waals surface area contributed by atoms with E-state index in [2.05, 4.69) is 39.0 Å². The number of para-hydroxylation sites is 1. The normalized spacial score (nSPS) is 16.6. The zero-order valence-electron chi connectivity index (χ0n) is 13.3. The molecule has 1 aliphatic rings. The predicted octanol–water partition coefficient (Wildman–Crippen LogP) is 4.45. The third-order valence-electron chi connectivity index (χ3n) is 4.54. The molecule has 0 aliphatic heterocycles. The first-order chi connectivity index (χ1) is 11.8. The van der Waals surface area contributed by atoms with Gasteiger partial charge in [0.25, 0.3) is 0 Å². The Kier molecular flexibility index (Phi) is 4.17. The van der Waals surface area contributed by atoms with Crippen LogP contribution in [0.25, 0.3) is 0 Å². The topological polar surface area (TPSA) is 42.8 Å². The van der Waals surface area contributed by atoms with E-state index < -0.39 is 0 Å². The fourth-order valence-electron chi connectivity index (χ4n) is 3.42. The van der Waals surface area contributed by atoms with Gasteiger partial charge in [0.05, 0.1) is 6.04 Å². The molecule has 0 amide bonds. The van der Waals surface area contributed by atoms with Crippen LogP contribution in [0.15, 0.2) is 54.6 Å². The van der Waals surface area contributed by atoms with Crippen molar-refractivity contribution in [1.82, 2.24) is 14.8 Å². The Labute approximate surface area is 146 Å². The maximum Gasteiger partial charge on any atom is 0.195 e. The Balaban J connectivity index is 1.65. The summed E-state index contributed by atoms with van der Waals surface area (Å²) in [5.41, 5.74) is 2.76. The second-order valence-electron chi connectivity index (χ2n) is 6.02. The summed E-state index contributed by atoms with van der Waals surface area (Å²) in [5, 5.41) is 7.34. The summed E-state index contributed by atoms with van der Waals surface area (Å²) in [6.07, 6.45) is 3.37. The van der Waals surface area contributed by atoms with Crippen LogP contribution in [0.5, 0.6) is 5.75 Å². The van der Waals surface area contributed by atoms with E-state index in [1.807, 2.05) is 30.3 Å². The molecular formula is C19H19N3OS. The minimum Gasteiger partial charge on any atom is -0.486 e. The maximum absolute atomic E-state index is 5.88. The van der Waals surface area contributed by atoms with Crippen LogP contribution in [0.4, 0.5) is 0 Å². The SMILES string of the molecule is S=c1[nH]nc(COc2ccccc2)n1C1CCCc2ccccc21.